The Hall–Kier alpha value is -1.32. The molecule has 0 aliphatic rings. The number of nitrogens with zero attached hydrogens (tertiary/aromatic N) is 1. The molecule has 3 nitrogen and oxygen atoms in total. The Balaban J connectivity index is 2.36. The van der Waals surface area contributed by atoms with Gasteiger partial charge in [0.15, 0.2) is 0 Å². The Morgan fingerprint density at radius 1 is 1.41 bits per heavy atom. The number of aromatic nitrogens is 1. The third-order valence-electron chi connectivity index (χ3n) is 2.76. The SMILES string of the molecule is CCC(CO)Nc1cc2ccccc2c(Cl)n1. The van der Waals surface area contributed by atoms with Crippen molar-refractivity contribution in [3.8, 4) is 0 Å². The molecule has 1 atom stereocenters. The van der Waals surface area contributed by atoms with Gasteiger partial charge in [-0.3, -0.25) is 0 Å². The predicted octanol–water partition coefficient (Wildman–Crippen LogP) is 3.07. The lowest BCUT2D eigenvalue weighted by atomic mass is 10.1. The molecule has 0 spiro atoms. The number of anilines is 1. The van der Waals surface area contributed by atoms with Crippen molar-refractivity contribution in [3.63, 3.8) is 0 Å². The highest BCUT2D eigenvalue weighted by atomic mass is 35.5. The van der Waals surface area contributed by atoms with Crippen LogP contribution in [0.5, 0.6) is 0 Å². The quantitative estimate of drug-likeness (QED) is 0.820. The molecule has 1 unspecified atom stereocenters. The molecule has 4 heteroatoms. The second-order valence-electron chi connectivity index (χ2n) is 3.95. The van der Waals surface area contributed by atoms with Crippen LogP contribution in [0.1, 0.15) is 13.3 Å². The Labute approximate surface area is 105 Å². The Bertz CT molecular complexity index is 512. The van der Waals surface area contributed by atoms with Crippen LogP contribution in [0, 0.1) is 0 Å². The minimum Gasteiger partial charge on any atom is -0.394 e. The van der Waals surface area contributed by atoms with Gasteiger partial charge in [0, 0.05) is 5.39 Å². The molecule has 17 heavy (non-hydrogen) atoms. The minimum absolute atomic E-state index is 0.0136. The smallest absolute Gasteiger partial charge is 0.139 e. The lowest BCUT2D eigenvalue weighted by molar-refractivity contribution is 0.271. The second kappa shape index (κ2) is 5.34. The lowest BCUT2D eigenvalue weighted by Crippen LogP contribution is -2.23. The third kappa shape index (κ3) is 2.68. The van der Waals surface area contributed by atoms with E-state index in [1.807, 2.05) is 37.3 Å². The molecule has 90 valence electrons. The van der Waals surface area contributed by atoms with Gasteiger partial charge in [-0.25, -0.2) is 4.98 Å². The van der Waals surface area contributed by atoms with E-state index in [2.05, 4.69) is 10.3 Å². The summed E-state index contributed by atoms with van der Waals surface area (Å²) in [6.45, 7) is 2.10. The van der Waals surface area contributed by atoms with E-state index >= 15 is 0 Å². The largest absolute Gasteiger partial charge is 0.394 e. The van der Waals surface area contributed by atoms with E-state index in [4.69, 9.17) is 16.7 Å². The van der Waals surface area contributed by atoms with Gasteiger partial charge in [0.05, 0.1) is 12.6 Å². The zero-order valence-electron chi connectivity index (χ0n) is 9.65. The summed E-state index contributed by atoms with van der Waals surface area (Å²) in [4.78, 5) is 4.28. The molecule has 0 amide bonds. The van der Waals surface area contributed by atoms with Crippen LogP contribution in [0.25, 0.3) is 10.8 Å². The van der Waals surface area contributed by atoms with Gasteiger partial charge in [-0.2, -0.15) is 0 Å². The molecule has 1 heterocycles. The maximum Gasteiger partial charge on any atom is 0.139 e. The van der Waals surface area contributed by atoms with E-state index in [9.17, 15) is 0 Å². The van der Waals surface area contributed by atoms with Crippen molar-refractivity contribution in [3.05, 3.63) is 35.5 Å². The predicted molar refractivity (Wildman–Crippen MR) is 71.5 cm³/mol. The molecule has 0 fully saturated rings. The highest BCUT2D eigenvalue weighted by Gasteiger charge is 2.07. The lowest BCUT2D eigenvalue weighted by Gasteiger charge is -2.15. The molecule has 0 aliphatic heterocycles. The maximum absolute atomic E-state index is 9.15. The molecule has 0 saturated heterocycles. The number of fused-ring (bicyclic) bond motifs is 1. The van der Waals surface area contributed by atoms with Crippen molar-refractivity contribution in [2.24, 2.45) is 0 Å². The first kappa shape index (κ1) is 12.1. The summed E-state index contributed by atoms with van der Waals surface area (Å²) in [7, 11) is 0. The molecule has 1 aromatic heterocycles. The van der Waals surface area contributed by atoms with Gasteiger partial charge in [-0.15, -0.1) is 0 Å². The molecule has 0 saturated carbocycles. The summed E-state index contributed by atoms with van der Waals surface area (Å²) in [6, 6.07) is 9.79. The summed E-state index contributed by atoms with van der Waals surface area (Å²) in [6.07, 6.45) is 0.836. The molecular weight excluding hydrogens is 236 g/mol. The fraction of sp³-hybridized carbons (Fsp3) is 0.308. The molecule has 0 bridgehead atoms. The summed E-state index contributed by atoms with van der Waals surface area (Å²) >= 11 is 6.12. The number of hydrogen-bond acceptors (Lipinski definition) is 3. The second-order valence-corrected chi connectivity index (χ2v) is 4.31. The maximum atomic E-state index is 9.15. The number of benzene rings is 1. The number of aliphatic hydroxyl groups excluding tert-OH is 1. The number of rotatable bonds is 4. The average Bonchev–Trinajstić information content (AvgIpc) is 2.36. The van der Waals surface area contributed by atoms with Crippen LogP contribution in [0.2, 0.25) is 5.15 Å². The van der Waals surface area contributed by atoms with E-state index < -0.39 is 0 Å². The molecule has 2 rings (SSSR count). The standard InChI is InChI=1S/C13H15ClN2O/c1-2-10(8-17)15-12-7-9-5-3-4-6-11(9)13(14)16-12/h3-7,10,17H,2,8H2,1H3,(H,15,16). The summed E-state index contributed by atoms with van der Waals surface area (Å²) in [5.74, 6) is 0.703. The zero-order valence-corrected chi connectivity index (χ0v) is 10.4. The highest BCUT2D eigenvalue weighted by Crippen LogP contribution is 2.24. The molecule has 0 radical (unpaired) electrons. The number of hydrogen-bond donors (Lipinski definition) is 2. The van der Waals surface area contributed by atoms with Gasteiger partial charge in [-0.1, -0.05) is 42.8 Å². The number of nitrogens with one attached hydrogen (secondary N) is 1. The molecule has 2 N–H and O–H groups in total. The van der Waals surface area contributed by atoms with Crippen molar-refractivity contribution in [2.75, 3.05) is 11.9 Å². The van der Waals surface area contributed by atoms with Crippen LogP contribution >= 0.6 is 11.6 Å². The van der Waals surface area contributed by atoms with Crippen molar-refractivity contribution in [1.29, 1.82) is 0 Å². The average molecular weight is 251 g/mol. The van der Waals surface area contributed by atoms with Gasteiger partial charge < -0.3 is 10.4 Å². The van der Waals surface area contributed by atoms with Gasteiger partial charge in [0.2, 0.25) is 0 Å². The first-order valence-electron chi connectivity index (χ1n) is 5.67. The van der Waals surface area contributed by atoms with Crippen LogP contribution < -0.4 is 5.32 Å². The summed E-state index contributed by atoms with van der Waals surface area (Å²) < 4.78 is 0. The topological polar surface area (TPSA) is 45.1 Å². The van der Waals surface area contributed by atoms with Crippen molar-refractivity contribution >= 4 is 28.2 Å². The normalized spacial score (nSPS) is 12.6. The van der Waals surface area contributed by atoms with Crippen LogP contribution in [-0.2, 0) is 0 Å². The first-order valence-corrected chi connectivity index (χ1v) is 6.05. The molecular formula is C13H15ClN2O. The van der Waals surface area contributed by atoms with E-state index in [1.165, 1.54) is 0 Å². The van der Waals surface area contributed by atoms with E-state index in [1.54, 1.807) is 0 Å². The number of aliphatic hydroxyl groups is 1. The molecule has 0 aliphatic carbocycles. The van der Waals surface area contributed by atoms with E-state index in [0.717, 1.165) is 17.2 Å². The van der Waals surface area contributed by atoms with Crippen LogP contribution in [0.3, 0.4) is 0 Å². The van der Waals surface area contributed by atoms with Crippen LogP contribution in [0.15, 0.2) is 30.3 Å². The first-order chi connectivity index (χ1) is 8.24. The summed E-state index contributed by atoms with van der Waals surface area (Å²) in [5.41, 5.74) is 0. The van der Waals surface area contributed by atoms with Crippen molar-refractivity contribution in [2.45, 2.75) is 19.4 Å². The Morgan fingerprint density at radius 2 is 2.18 bits per heavy atom. The van der Waals surface area contributed by atoms with Crippen LogP contribution in [-0.4, -0.2) is 22.7 Å². The zero-order chi connectivity index (χ0) is 12.3. The van der Waals surface area contributed by atoms with Gasteiger partial charge in [0.25, 0.3) is 0 Å². The Kier molecular flexibility index (Phi) is 3.82. The number of halogens is 1. The van der Waals surface area contributed by atoms with Crippen LogP contribution in [0.4, 0.5) is 5.82 Å². The number of pyridine rings is 1. The molecule has 1 aromatic carbocycles. The van der Waals surface area contributed by atoms with Gasteiger partial charge in [-0.05, 0) is 17.9 Å². The van der Waals surface area contributed by atoms with Gasteiger partial charge in [0.1, 0.15) is 11.0 Å². The minimum atomic E-state index is 0.0136. The fourth-order valence-electron chi connectivity index (χ4n) is 1.72. The van der Waals surface area contributed by atoms with Crippen molar-refractivity contribution < 1.29 is 5.11 Å². The Morgan fingerprint density at radius 3 is 2.88 bits per heavy atom. The van der Waals surface area contributed by atoms with Crippen molar-refractivity contribution in [1.82, 2.24) is 4.98 Å². The van der Waals surface area contributed by atoms with E-state index in [-0.39, 0.29) is 12.6 Å². The molecule has 2 aromatic rings. The fourth-order valence-corrected chi connectivity index (χ4v) is 1.98. The van der Waals surface area contributed by atoms with Gasteiger partial charge >= 0.3 is 0 Å². The van der Waals surface area contributed by atoms with E-state index in [0.29, 0.717) is 11.0 Å². The monoisotopic (exact) mass is 250 g/mol. The third-order valence-corrected chi connectivity index (χ3v) is 3.05. The summed E-state index contributed by atoms with van der Waals surface area (Å²) in [5, 5.41) is 14.8. The highest BCUT2D eigenvalue weighted by molar-refractivity contribution is 6.34.